The molecular formula is C22H23N5O8. The number of ether oxygens (including phenoxy) is 3. The van der Waals surface area contributed by atoms with E-state index in [1.54, 1.807) is 0 Å². The first-order valence-corrected chi connectivity index (χ1v) is 10.7. The Morgan fingerprint density at radius 3 is 2.29 bits per heavy atom. The molecule has 0 aliphatic carbocycles. The summed E-state index contributed by atoms with van der Waals surface area (Å²) >= 11 is 0. The molecule has 2 aliphatic heterocycles. The predicted octanol–water partition coefficient (Wildman–Crippen LogP) is 0.244. The van der Waals surface area contributed by atoms with E-state index in [0.29, 0.717) is 26.3 Å². The molecule has 0 spiro atoms. The van der Waals surface area contributed by atoms with Crippen molar-refractivity contribution < 1.29 is 33.4 Å². The number of methoxy groups -OCH3 is 2. The van der Waals surface area contributed by atoms with E-state index in [1.807, 2.05) is 4.90 Å². The topological polar surface area (TPSA) is 169 Å². The number of rotatable bonds is 5. The largest absolute Gasteiger partial charge is 0.465 e. The number of H-pyrrole nitrogens is 1. The van der Waals surface area contributed by atoms with Gasteiger partial charge in [-0.25, -0.2) is 9.59 Å². The summed E-state index contributed by atoms with van der Waals surface area (Å²) in [5, 5.41) is 5.14. The summed E-state index contributed by atoms with van der Waals surface area (Å²) in [5.74, 6) is -3.52. The van der Waals surface area contributed by atoms with E-state index in [9.17, 15) is 24.0 Å². The molecule has 184 valence electrons. The molecule has 13 heteroatoms. The van der Waals surface area contributed by atoms with Crippen molar-refractivity contribution >= 4 is 41.2 Å². The van der Waals surface area contributed by atoms with Crippen LogP contribution in [0.2, 0.25) is 0 Å². The first-order chi connectivity index (χ1) is 16.8. The molecule has 4 rings (SSSR count). The highest BCUT2D eigenvalue weighted by Gasteiger charge is 2.35. The van der Waals surface area contributed by atoms with Crippen LogP contribution < -0.4 is 21.1 Å². The fraction of sp³-hybridized carbons (Fsp3) is 0.364. The number of amides is 2. The van der Waals surface area contributed by atoms with Gasteiger partial charge in [0.1, 0.15) is 5.82 Å². The minimum atomic E-state index is -1.16. The van der Waals surface area contributed by atoms with Crippen LogP contribution in [0.4, 0.5) is 17.5 Å². The third-order valence-electron chi connectivity index (χ3n) is 5.61. The maximum absolute atomic E-state index is 13.2. The van der Waals surface area contributed by atoms with Crippen molar-refractivity contribution in [3.05, 3.63) is 45.2 Å². The number of aromatic nitrogens is 2. The Bertz CT molecular complexity index is 1220. The fourth-order valence-electron chi connectivity index (χ4n) is 3.91. The van der Waals surface area contributed by atoms with Crippen LogP contribution in [0.5, 0.6) is 0 Å². The Hall–Kier alpha value is -4.26. The van der Waals surface area contributed by atoms with Gasteiger partial charge in [0.15, 0.2) is 0 Å². The van der Waals surface area contributed by atoms with Crippen LogP contribution in [0, 0.1) is 0 Å². The minimum Gasteiger partial charge on any atom is -0.465 e. The van der Waals surface area contributed by atoms with Gasteiger partial charge in [0.25, 0.3) is 5.56 Å². The van der Waals surface area contributed by atoms with Crippen molar-refractivity contribution in [1.82, 2.24) is 9.97 Å². The second kappa shape index (κ2) is 9.93. The third-order valence-corrected chi connectivity index (χ3v) is 5.61. The van der Waals surface area contributed by atoms with Gasteiger partial charge in [-0.2, -0.15) is 4.98 Å². The molecule has 3 heterocycles. The molecule has 2 aromatic rings. The van der Waals surface area contributed by atoms with E-state index in [2.05, 4.69) is 20.6 Å². The van der Waals surface area contributed by atoms with Crippen LogP contribution in [0.25, 0.3) is 0 Å². The SMILES string of the molecule is COC(=O)c1cc(NC(=O)C2CC(=O)Nc3nc(N4CCOCC4)[nH]c(=O)c32)cc(C(=O)OC)c1. The summed E-state index contributed by atoms with van der Waals surface area (Å²) in [6, 6.07) is 3.88. The molecule has 0 radical (unpaired) electrons. The number of hydrogen-bond acceptors (Lipinski definition) is 10. The Labute approximate surface area is 198 Å². The van der Waals surface area contributed by atoms with Gasteiger partial charge in [-0.05, 0) is 18.2 Å². The Morgan fingerprint density at radius 2 is 1.69 bits per heavy atom. The average Bonchev–Trinajstić information content (AvgIpc) is 2.87. The molecule has 3 N–H and O–H groups in total. The maximum atomic E-state index is 13.2. The molecule has 1 unspecified atom stereocenters. The molecule has 1 aromatic heterocycles. The second-order valence-electron chi connectivity index (χ2n) is 7.83. The molecule has 0 bridgehead atoms. The highest BCUT2D eigenvalue weighted by atomic mass is 16.5. The summed E-state index contributed by atoms with van der Waals surface area (Å²) in [7, 11) is 2.35. The molecule has 1 saturated heterocycles. The number of nitrogens with one attached hydrogen (secondary N) is 3. The van der Waals surface area contributed by atoms with Crippen LogP contribution in [0.15, 0.2) is 23.0 Å². The number of anilines is 3. The van der Waals surface area contributed by atoms with Crippen molar-refractivity contribution in [3.8, 4) is 0 Å². The van der Waals surface area contributed by atoms with Gasteiger partial charge in [-0.15, -0.1) is 0 Å². The number of fused-ring (bicyclic) bond motifs is 1. The molecule has 2 amide bonds. The Morgan fingerprint density at radius 1 is 1.06 bits per heavy atom. The molecule has 13 nitrogen and oxygen atoms in total. The Kier molecular flexibility index (Phi) is 6.78. The van der Waals surface area contributed by atoms with Crippen LogP contribution in [-0.4, -0.2) is 74.2 Å². The zero-order chi connectivity index (χ0) is 25.1. The van der Waals surface area contributed by atoms with Crippen molar-refractivity contribution in [2.75, 3.05) is 56.1 Å². The van der Waals surface area contributed by atoms with E-state index < -0.39 is 35.2 Å². The maximum Gasteiger partial charge on any atom is 0.337 e. The van der Waals surface area contributed by atoms with Gasteiger partial charge >= 0.3 is 11.9 Å². The summed E-state index contributed by atoms with van der Waals surface area (Å²) in [4.78, 5) is 71.4. The van der Waals surface area contributed by atoms with Crippen LogP contribution in [0.1, 0.15) is 38.6 Å². The van der Waals surface area contributed by atoms with Crippen LogP contribution in [0.3, 0.4) is 0 Å². The van der Waals surface area contributed by atoms with Gasteiger partial charge in [-0.1, -0.05) is 0 Å². The lowest BCUT2D eigenvalue weighted by molar-refractivity contribution is -0.123. The first kappa shape index (κ1) is 23.9. The monoisotopic (exact) mass is 485 g/mol. The van der Waals surface area contributed by atoms with Crippen molar-refractivity contribution in [2.24, 2.45) is 0 Å². The number of benzene rings is 1. The van der Waals surface area contributed by atoms with Crippen molar-refractivity contribution in [1.29, 1.82) is 0 Å². The van der Waals surface area contributed by atoms with Gasteiger partial charge in [0.2, 0.25) is 17.8 Å². The summed E-state index contributed by atoms with van der Waals surface area (Å²) < 4.78 is 14.7. The standard InChI is InChI=1S/C22H23N5O8/c1-33-20(31)11-7-12(21(32)34-2)9-13(8-11)23-18(29)14-10-15(28)24-17-16(14)19(30)26-22(25-17)27-3-5-35-6-4-27/h7-9,14H,3-6,10H2,1-2H3,(H,23,29)(H2,24,25,26,28,30). The molecule has 2 aliphatic rings. The minimum absolute atomic E-state index is 0.00199. The number of esters is 2. The Balaban J connectivity index is 1.66. The lowest BCUT2D eigenvalue weighted by Gasteiger charge is -2.29. The van der Waals surface area contributed by atoms with E-state index in [1.165, 1.54) is 32.4 Å². The molecule has 1 aromatic carbocycles. The lowest BCUT2D eigenvalue weighted by Crippen LogP contribution is -2.41. The second-order valence-corrected chi connectivity index (χ2v) is 7.83. The van der Waals surface area contributed by atoms with Gasteiger partial charge in [0.05, 0.1) is 50.0 Å². The van der Waals surface area contributed by atoms with Gasteiger partial charge in [0, 0.05) is 25.2 Å². The smallest absolute Gasteiger partial charge is 0.337 e. The van der Waals surface area contributed by atoms with Crippen molar-refractivity contribution in [3.63, 3.8) is 0 Å². The zero-order valence-corrected chi connectivity index (χ0v) is 19.0. The predicted molar refractivity (Wildman–Crippen MR) is 122 cm³/mol. The van der Waals surface area contributed by atoms with E-state index >= 15 is 0 Å². The molecule has 1 atom stereocenters. The number of aromatic amines is 1. The van der Waals surface area contributed by atoms with Gasteiger partial charge in [-0.3, -0.25) is 19.4 Å². The summed E-state index contributed by atoms with van der Waals surface area (Å²) in [6.45, 7) is 1.96. The first-order valence-electron chi connectivity index (χ1n) is 10.7. The van der Waals surface area contributed by atoms with E-state index in [0.717, 1.165) is 0 Å². The highest BCUT2D eigenvalue weighted by Crippen LogP contribution is 2.30. The number of carbonyl (C=O) groups is 4. The molecule has 0 saturated carbocycles. The summed E-state index contributed by atoms with van der Waals surface area (Å²) in [5.41, 5.74) is -0.462. The number of hydrogen-bond donors (Lipinski definition) is 3. The molecular weight excluding hydrogens is 462 g/mol. The van der Waals surface area contributed by atoms with Gasteiger partial charge < -0.3 is 29.7 Å². The summed E-state index contributed by atoms with van der Waals surface area (Å²) in [6.07, 6.45) is -0.291. The fourth-order valence-corrected chi connectivity index (χ4v) is 3.91. The van der Waals surface area contributed by atoms with Crippen LogP contribution >= 0.6 is 0 Å². The third kappa shape index (κ3) is 4.99. The molecule has 1 fully saturated rings. The number of nitrogens with zero attached hydrogens (tertiary/aromatic N) is 2. The quantitative estimate of drug-likeness (QED) is 0.499. The highest BCUT2D eigenvalue weighted by molar-refractivity contribution is 6.05. The normalized spacial score (nSPS) is 17.1. The number of carbonyl (C=O) groups excluding carboxylic acids is 4. The van der Waals surface area contributed by atoms with Crippen LogP contribution in [-0.2, 0) is 23.8 Å². The molecule has 35 heavy (non-hydrogen) atoms. The van der Waals surface area contributed by atoms with Crippen molar-refractivity contribution in [2.45, 2.75) is 12.3 Å². The lowest BCUT2D eigenvalue weighted by atomic mass is 9.92. The average molecular weight is 485 g/mol. The van der Waals surface area contributed by atoms with E-state index in [4.69, 9.17) is 14.2 Å². The zero-order valence-electron chi connectivity index (χ0n) is 19.0. The number of morpholine rings is 1. The van der Waals surface area contributed by atoms with E-state index in [-0.39, 0.29) is 40.6 Å².